The molecule has 25 heavy (non-hydrogen) atoms. The van der Waals surface area contributed by atoms with Gasteiger partial charge in [-0.15, -0.1) is 22.7 Å². The molecule has 3 N–H and O–H groups in total. The Hall–Kier alpha value is -2.39. The third-order valence-corrected chi connectivity index (χ3v) is 5.66. The Morgan fingerprint density at radius 3 is 2.68 bits per heavy atom. The smallest absolute Gasteiger partial charge is 0.267 e. The minimum absolute atomic E-state index is 0.0584. The van der Waals surface area contributed by atoms with E-state index in [0.717, 1.165) is 33.7 Å². The van der Waals surface area contributed by atoms with E-state index in [0.29, 0.717) is 15.7 Å². The van der Waals surface area contributed by atoms with Crippen LogP contribution in [0, 0.1) is 13.8 Å². The van der Waals surface area contributed by atoms with Crippen molar-refractivity contribution in [2.24, 2.45) is 5.73 Å². The molecule has 0 atom stereocenters. The standard InChI is InChI=1S/C16H17N5O2S2/c1-4-11-18-8(3)12-7(2)13(25-15(12)20-11)14(23)21-16-19-9(6-24-16)5-10(17)22/h6H,4-5H2,1-3H3,(H2,17,22)(H,19,21,23). The van der Waals surface area contributed by atoms with Crippen molar-refractivity contribution in [1.82, 2.24) is 15.0 Å². The monoisotopic (exact) mass is 375 g/mol. The summed E-state index contributed by atoms with van der Waals surface area (Å²) in [6.45, 7) is 5.83. The number of aryl methyl sites for hydroxylation is 3. The van der Waals surface area contributed by atoms with Crippen LogP contribution in [0.25, 0.3) is 10.2 Å². The molecule has 0 aliphatic rings. The lowest BCUT2D eigenvalue weighted by atomic mass is 10.1. The van der Waals surface area contributed by atoms with Crippen LogP contribution < -0.4 is 11.1 Å². The predicted octanol–water partition coefficient (Wildman–Crippen LogP) is 2.61. The van der Waals surface area contributed by atoms with Crippen LogP contribution in [0.4, 0.5) is 5.13 Å². The molecule has 3 aromatic rings. The number of primary amides is 1. The van der Waals surface area contributed by atoms with Gasteiger partial charge in [0, 0.05) is 22.9 Å². The van der Waals surface area contributed by atoms with Gasteiger partial charge in [-0.25, -0.2) is 15.0 Å². The first-order chi connectivity index (χ1) is 11.9. The number of fused-ring (bicyclic) bond motifs is 1. The topological polar surface area (TPSA) is 111 Å². The van der Waals surface area contributed by atoms with Gasteiger partial charge in [0.1, 0.15) is 10.7 Å². The number of hydrogen-bond acceptors (Lipinski definition) is 7. The molecule has 0 spiro atoms. The lowest BCUT2D eigenvalue weighted by Gasteiger charge is -2.01. The Kier molecular flexibility index (Phi) is 4.78. The molecule has 2 amide bonds. The summed E-state index contributed by atoms with van der Waals surface area (Å²) in [5.41, 5.74) is 7.45. The van der Waals surface area contributed by atoms with Gasteiger partial charge in [0.25, 0.3) is 5.91 Å². The maximum absolute atomic E-state index is 12.6. The molecule has 0 radical (unpaired) electrons. The van der Waals surface area contributed by atoms with Gasteiger partial charge < -0.3 is 5.73 Å². The maximum Gasteiger partial charge on any atom is 0.267 e. The number of anilines is 1. The number of amides is 2. The SMILES string of the molecule is CCc1nc(C)c2c(C)c(C(=O)Nc3nc(CC(N)=O)cs3)sc2n1. The molecular formula is C16H17N5O2S2. The van der Waals surface area contributed by atoms with E-state index in [1.807, 2.05) is 20.8 Å². The lowest BCUT2D eigenvalue weighted by Crippen LogP contribution is -2.14. The number of carbonyl (C=O) groups is 2. The number of nitrogens with one attached hydrogen (secondary N) is 1. The minimum atomic E-state index is -0.454. The van der Waals surface area contributed by atoms with E-state index in [9.17, 15) is 9.59 Å². The van der Waals surface area contributed by atoms with E-state index in [2.05, 4.69) is 20.3 Å². The van der Waals surface area contributed by atoms with E-state index in [1.54, 1.807) is 5.38 Å². The number of thiophene rings is 1. The summed E-state index contributed by atoms with van der Waals surface area (Å²) >= 11 is 2.61. The van der Waals surface area contributed by atoms with Gasteiger partial charge in [-0.3, -0.25) is 14.9 Å². The van der Waals surface area contributed by atoms with Gasteiger partial charge in [0.15, 0.2) is 5.13 Å². The van der Waals surface area contributed by atoms with Crippen LogP contribution in [0.5, 0.6) is 0 Å². The second-order valence-corrected chi connectivity index (χ2v) is 7.41. The molecule has 0 fully saturated rings. The summed E-state index contributed by atoms with van der Waals surface area (Å²) in [6, 6.07) is 0. The molecule has 3 rings (SSSR count). The van der Waals surface area contributed by atoms with E-state index in [1.165, 1.54) is 22.7 Å². The van der Waals surface area contributed by atoms with Crippen molar-refractivity contribution in [3.63, 3.8) is 0 Å². The Balaban J connectivity index is 1.89. The fourth-order valence-electron chi connectivity index (χ4n) is 2.55. The van der Waals surface area contributed by atoms with Crippen LogP contribution in [0.3, 0.4) is 0 Å². The van der Waals surface area contributed by atoms with E-state index < -0.39 is 5.91 Å². The third kappa shape index (κ3) is 3.52. The minimum Gasteiger partial charge on any atom is -0.369 e. The van der Waals surface area contributed by atoms with E-state index >= 15 is 0 Å². The number of nitrogens with zero attached hydrogens (tertiary/aromatic N) is 3. The zero-order valence-corrected chi connectivity index (χ0v) is 15.7. The number of nitrogens with two attached hydrogens (primary N) is 1. The van der Waals surface area contributed by atoms with Crippen molar-refractivity contribution < 1.29 is 9.59 Å². The lowest BCUT2D eigenvalue weighted by molar-refractivity contribution is -0.117. The van der Waals surface area contributed by atoms with Crippen molar-refractivity contribution in [3.8, 4) is 0 Å². The normalized spacial score (nSPS) is 11.0. The molecule has 3 aromatic heterocycles. The van der Waals surface area contributed by atoms with Crippen LogP contribution in [0.15, 0.2) is 5.38 Å². The summed E-state index contributed by atoms with van der Waals surface area (Å²) in [5.74, 6) is 0.0800. The molecule has 0 saturated carbocycles. The molecule has 7 nitrogen and oxygen atoms in total. The predicted molar refractivity (Wildman–Crippen MR) is 99.2 cm³/mol. The summed E-state index contributed by atoms with van der Waals surface area (Å²) in [7, 11) is 0. The second kappa shape index (κ2) is 6.85. The van der Waals surface area contributed by atoms with Crippen molar-refractivity contribution in [2.75, 3.05) is 5.32 Å². The van der Waals surface area contributed by atoms with Crippen LogP contribution in [0.1, 0.15) is 39.4 Å². The average molecular weight is 375 g/mol. The van der Waals surface area contributed by atoms with Crippen LogP contribution in [0.2, 0.25) is 0 Å². The summed E-state index contributed by atoms with van der Waals surface area (Å²) in [4.78, 5) is 38.2. The molecular weight excluding hydrogens is 358 g/mol. The Morgan fingerprint density at radius 2 is 2.00 bits per heavy atom. The number of hydrogen-bond donors (Lipinski definition) is 2. The van der Waals surface area contributed by atoms with Crippen molar-refractivity contribution >= 4 is 49.8 Å². The third-order valence-electron chi connectivity index (χ3n) is 3.67. The van der Waals surface area contributed by atoms with Crippen molar-refractivity contribution in [1.29, 1.82) is 0 Å². The highest BCUT2D eigenvalue weighted by atomic mass is 32.1. The fraction of sp³-hybridized carbons (Fsp3) is 0.312. The van der Waals surface area contributed by atoms with E-state index in [4.69, 9.17) is 5.73 Å². The Bertz CT molecular complexity index is 976. The first kappa shape index (κ1) is 17.4. The largest absolute Gasteiger partial charge is 0.369 e. The van der Waals surface area contributed by atoms with Crippen molar-refractivity contribution in [3.05, 3.63) is 33.0 Å². The maximum atomic E-state index is 12.6. The summed E-state index contributed by atoms with van der Waals surface area (Å²) < 4.78 is 0. The molecule has 0 saturated heterocycles. The van der Waals surface area contributed by atoms with Crippen LogP contribution in [-0.4, -0.2) is 26.8 Å². The molecule has 0 aliphatic carbocycles. The Morgan fingerprint density at radius 1 is 1.24 bits per heavy atom. The number of thiazole rings is 1. The summed E-state index contributed by atoms with van der Waals surface area (Å²) in [6.07, 6.45) is 0.805. The number of carbonyl (C=O) groups excluding carboxylic acids is 2. The van der Waals surface area contributed by atoms with Gasteiger partial charge in [-0.1, -0.05) is 6.92 Å². The molecule has 0 unspecified atom stereocenters. The highest BCUT2D eigenvalue weighted by Crippen LogP contribution is 2.32. The Labute approximate surface area is 152 Å². The average Bonchev–Trinajstić information content (AvgIpc) is 3.11. The van der Waals surface area contributed by atoms with Crippen LogP contribution >= 0.6 is 22.7 Å². The van der Waals surface area contributed by atoms with Gasteiger partial charge in [0.05, 0.1) is 17.0 Å². The molecule has 0 bridgehead atoms. The van der Waals surface area contributed by atoms with Gasteiger partial charge in [-0.05, 0) is 19.4 Å². The second-order valence-electron chi connectivity index (χ2n) is 5.56. The van der Waals surface area contributed by atoms with Crippen molar-refractivity contribution in [2.45, 2.75) is 33.6 Å². The van der Waals surface area contributed by atoms with Gasteiger partial charge >= 0.3 is 0 Å². The highest BCUT2D eigenvalue weighted by molar-refractivity contribution is 7.21. The zero-order chi connectivity index (χ0) is 18.1. The molecule has 3 heterocycles. The van der Waals surface area contributed by atoms with Gasteiger partial charge in [-0.2, -0.15) is 0 Å². The van der Waals surface area contributed by atoms with E-state index in [-0.39, 0.29) is 12.3 Å². The fourth-order valence-corrected chi connectivity index (χ4v) is 4.40. The highest BCUT2D eigenvalue weighted by Gasteiger charge is 2.20. The van der Waals surface area contributed by atoms with Crippen LogP contribution in [-0.2, 0) is 17.6 Å². The quantitative estimate of drug-likeness (QED) is 0.712. The molecule has 130 valence electrons. The first-order valence-corrected chi connectivity index (χ1v) is 9.39. The molecule has 0 aromatic carbocycles. The first-order valence-electron chi connectivity index (χ1n) is 7.69. The molecule has 9 heteroatoms. The zero-order valence-electron chi connectivity index (χ0n) is 14.0. The molecule has 0 aliphatic heterocycles. The summed E-state index contributed by atoms with van der Waals surface area (Å²) in [5, 5.41) is 5.86. The number of aromatic nitrogens is 3. The number of rotatable bonds is 5. The van der Waals surface area contributed by atoms with Gasteiger partial charge in [0.2, 0.25) is 5.91 Å².